The lowest BCUT2D eigenvalue weighted by Crippen LogP contribution is -2.54. The SMILES string of the molecule is COCCOCCOCCCC(=O)CCC(NC(=O)C1CCC(OP(=O)(O)C(C)C)CC1)C(=O)N(CC(=O)NCCOCCOCCOC)CC(=O)NCCOCCOCCOC. The first-order chi connectivity index (χ1) is 30.3. The van der Waals surface area contributed by atoms with Gasteiger partial charge in [-0.1, -0.05) is 13.8 Å². The Morgan fingerprint density at radius 3 is 1.49 bits per heavy atom. The van der Waals surface area contributed by atoms with Gasteiger partial charge in [0.25, 0.3) is 0 Å². The first-order valence-corrected chi connectivity index (χ1v) is 23.6. The van der Waals surface area contributed by atoms with Gasteiger partial charge in [-0.15, -0.1) is 0 Å². The summed E-state index contributed by atoms with van der Waals surface area (Å²) in [4.78, 5) is 78.7. The van der Waals surface area contributed by atoms with Crippen molar-refractivity contribution in [1.29, 1.82) is 0 Å². The number of hydrogen-bond acceptors (Lipinski definition) is 16. The van der Waals surface area contributed by atoms with Gasteiger partial charge in [0.05, 0.1) is 104 Å². The molecule has 368 valence electrons. The second-order valence-corrected chi connectivity index (χ2v) is 17.4. The molecular formula is C41H77N4O17P. The molecule has 1 saturated carbocycles. The number of ketones is 1. The number of ether oxygens (including phenoxy) is 9. The first kappa shape index (κ1) is 58.4. The standard InChI is InChI=1S/C41H77N4O17P/c1-33(2)63(51,52)62-36-11-8-34(9-12-36)40(49)44-37(13-10-35(46)7-6-16-56-25-28-59-22-19-53-3)41(50)45(31-38(47)42-14-17-57-26-29-60-23-20-54-4)32-39(48)43-15-18-58-27-30-61-24-21-55-5/h33-34,36-37H,6-32H2,1-5H3,(H,42,47)(H,43,48)(H,44,49)(H,51,52). The van der Waals surface area contributed by atoms with Gasteiger partial charge in [-0.2, -0.15) is 0 Å². The topological polar surface area (TPSA) is 254 Å². The Kier molecular flexibility index (Phi) is 34.8. The molecular weight excluding hydrogens is 851 g/mol. The molecule has 63 heavy (non-hydrogen) atoms. The molecule has 2 unspecified atom stereocenters. The highest BCUT2D eigenvalue weighted by molar-refractivity contribution is 7.53. The fraction of sp³-hybridized carbons (Fsp3) is 0.878. The molecule has 1 fully saturated rings. The zero-order valence-electron chi connectivity index (χ0n) is 38.3. The van der Waals surface area contributed by atoms with Crippen LogP contribution in [0.1, 0.15) is 65.2 Å². The Balaban J connectivity index is 3.02. The van der Waals surface area contributed by atoms with E-state index in [1.54, 1.807) is 35.2 Å². The van der Waals surface area contributed by atoms with Crippen molar-refractivity contribution >= 4 is 37.0 Å². The molecule has 1 rings (SSSR count). The lowest BCUT2D eigenvalue weighted by atomic mass is 9.86. The summed E-state index contributed by atoms with van der Waals surface area (Å²) in [7, 11) is 0.912. The Bertz CT molecular complexity index is 1260. The van der Waals surface area contributed by atoms with Crippen LogP contribution in [0.15, 0.2) is 0 Å². The van der Waals surface area contributed by atoms with Crippen LogP contribution >= 0.6 is 7.60 Å². The van der Waals surface area contributed by atoms with E-state index in [-0.39, 0.29) is 51.3 Å². The lowest BCUT2D eigenvalue weighted by Gasteiger charge is -2.32. The van der Waals surface area contributed by atoms with E-state index in [0.717, 1.165) is 4.90 Å². The summed E-state index contributed by atoms with van der Waals surface area (Å²) in [5, 5.41) is 8.19. The van der Waals surface area contributed by atoms with Gasteiger partial charge in [0, 0.05) is 59.8 Å². The molecule has 2 atom stereocenters. The summed E-state index contributed by atoms with van der Waals surface area (Å²) in [5.41, 5.74) is -0.576. The van der Waals surface area contributed by atoms with Crippen LogP contribution in [0.2, 0.25) is 0 Å². The normalized spacial score (nSPS) is 16.6. The molecule has 22 heteroatoms. The molecule has 4 N–H and O–H groups in total. The maximum absolute atomic E-state index is 14.3. The van der Waals surface area contributed by atoms with E-state index in [4.69, 9.17) is 47.2 Å². The van der Waals surface area contributed by atoms with E-state index in [0.29, 0.717) is 118 Å². The minimum absolute atomic E-state index is 0.0658. The van der Waals surface area contributed by atoms with Crippen LogP contribution in [0.25, 0.3) is 0 Å². The lowest BCUT2D eigenvalue weighted by molar-refractivity contribution is -0.143. The van der Waals surface area contributed by atoms with Gasteiger partial charge < -0.3 is 72.9 Å². The molecule has 21 nitrogen and oxygen atoms in total. The van der Waals surface area contributed by atoms with E-state index in [1.165, 1.54) is 0 Å². The zero-order chi connectivity index (χ0) is 46.6. The highest BCUT2D eigenvalue weighted by Gasteiger charge is 2.35. The maximum Gasteiger partial charge on any atom is 0.330 e. The first-order valence-electron chi connectivity index (χ1n) is 21.9. The molecule has 0 heterocycles. The number of Topliss-reactive ketones (excluding diaryl/α,β-unsaturated/α-hetero) is 1. The van der Waals surface area contributed by atoms with Crippen LogP contribution < -0.4 is 16.0 Å². The van der Waals surface area contributed by atoms with Gasteiger partial charge in [0.1, 0.15) is 24.9 Å². The van der Waals surface area contributed by atoms with E-state index in [9.17, 15) is 33.4 Å². The van der Waals surface area contributed by atoms with Crippen molar-refractivity contribution in [2.24, 2.45) is 5.92 Å². The van der Waals surface area contributed by atoms with Crippen LogP contribution in [0.5, 0.6) is 0 Å². The minimum Gasteiger partial charge on any atom is -0.382 e. The predicted octanol–water partition coefficient (Wildman–Crippen LogP) is 0.870. The van der Waals surface area contributed by atoms with E-state index in [2.05, 4.69) is 16.0 Å². The second-order valence-electron chi connectivity index (χ2n) is 15.0. The fourth-order valence-electron chi connectivity index (χ4n) is 5.92. The van der Waals surface area contributed by atoms with E-state index >= 15 is 0 Å². The van der Waals surface area contributed by atoms with Gasteiger partial charge in [-0.3, -0.25) is 28.5 Å². The summed E-state index contributed by atoms with van der Waals surface area (Å²) >= 11 is 0. The Hall–Kier alpha value is -2.66. The number of hydrogen-bond donors (Lipinski definition) is 4. The molecule has 0 bridgehead atoms. The van der Waals surface area contributed by atoms with Crippen molar-refractivity contribution in [2.45, 2.75) is 83.0 Å². The third-order valence-corrected chi connectivity index (χ3v) is 11.5. The number of carbonyl (C=O) groups is 5. The number of carbonyl (C=O) groups excluding carboxylic acids is 5. The van der Waals surface area contributed by atoms with E-state index < -0.39 is 68.0 Å². The van der Waals surface area contributed by atoms with E-state index in [1.807, 2.05) is 0 Å². The molecule has 1 aliphatic rings. The van der Waals surface area contributed by atoms with Crippen LogP contribution in [0.3, 0.4) is 0 Å². The van der Waals surface area contributed by atoms with Crippen LogP contribution in [0, 0.1) is 5.92 Å². The summed E-state index contributed by atoms with van der Waals surface area (Å²) in [6.45, 7) is 7.76. The van der Waals surface area contributed by atoms with Crippen molar-refractivity contribution in [3.63, 3.8) is 0 Å². The number of nitrogens with one attached hydrogen (secondary N) is 3. The highest BCUT2D eigenvalue weighted by Crippen LogP contribution is 2.50. The molecule has 0 aromatic heterocycles. The summed E-state index contributed by atoms with van der Waals surface area (Å²) < 4.78 is 65.4. The van der Waals surface area contributed by atoms with Gasteiger partial charge in [0.2, 0.25) is 23.6 Å². The summed E-state index contributed by atoms with van der Waals surface area (Å²) in [6.07, 6.45) is 1.35. The van der Waals surface area contributed by atoms with Crippen molar-refractivity contribution in [3.05, 3.63) is 0 Å². The van der Waals surface area contributed by atoms with Crippen LogP contribution in [-0.4, -0.2) is 204 Å². The van der Waals surface area contributed by atoms with Gasteiger partial charge in [-0.05, 0) is 38.5 Å². The minimum atomic E-state index is -3.82. The smallest absolute Gasteiger partial charge is 0.330 e. The number of amides is 4. The van der Waals surface area contributed by atoms with Crippen LogP contribution in [0.4, 0.5) is 0 Å². The number of methoxy groups -OCH3 is 3. The molecule has 4 amide bonds. The Morgan fingerprint density at radius 2 is 1.05 bits per heavy atom. The molecule has 1 aliphatic carbocycles. The van der Waals surface area contributed by atoms with Gasteiger partial charge >= 0.3 is 7.60 Å². The van der Waals surface area contributed by atoms with Crippen molar-refractivity contribution in [3.8, 4) is 0 Å². The Morgan fingerprint density at radius 1 is 0.619 bits per heavy atom. The third-order valence-electron chi connectivity index (χ3n) is 9.60. The van der Waals surface area contributed by atoms with Gasteiger partial charge in [0.15, 0.2) is 0 Å². The molecule has 0 radical (unpaired) electrons. The largest absolute Gasteiger partial charge is 0.382 e. The second kappa shape index (κ2) is 37.5. The zero-order valence-corrected chi connectivity index (χ0v) is 39.2. The molecule has 0 spiro atoms. The molecule has 0 aromatic rings. The summed E-state index contributed by atoms with van der Waals surface area (Å²) in [5.74, 6) is -3.01. The average molecular weight is 929 g/mol. The third kappa shape index (κ3) is 30.2. The Labute approximate surface area is 373 Å². The monoisotopic (exact) mass is 929 g/mol. The molecule has 0 saturated heterocycles. The number of rotatable bonds is 41. The molecule has 0 aliphatic heterocycles. The fourth-order valence-corrected chi connectivity index (χ4v) is 6.80. The molecule has 0 aromatic carbocycles. The predicted molar refractivity (Wildman–Crippen MR) is 230 cm³/mol. The summed E-state index contributed by atoms with van der Waals surface area (Å²) in [6, 6.07) is -1.25. The number of nitrogens with zero attached hydrogens (tertiary/aromatic N) is 1. The van der Waals surface area contributed by atoms with Crippen LogP contribution in [-0.2, 0) is 75.7 Å². The quantitative estimate of drug-likeness (QED) is 0.0490. The van der Waals surface area contributed by atoms with Gasteiger partial charge in [-0.25, -0.2) is 0 Å². The van der Waals surface area contributed by atoms with Crippen molar-refractivity contribution < 1.29 is 80.6 Å². The highest BCUT2D eigenvalue weighted by atomic mass is 31.2. The maximum atomic E-state index is 14.3. The average Bonchev–Trinajstić information content (AvgIpc) is 3.25. The van der Waals surface area contributed by atoms with Crippen molar-refractivity contribution in [2.75, 3.05) is 147 Å². The van der Waals surface area contributed by atoms with Crippen molar-refractivity contribution in [1.82, 2.24) is 20.9 Å².